The van der Waals surface area contributed by atoms with E-state index in [1.807, 2.05) is 6.20 Å². The lowest BCUT2D eigenvalue weighted by molar-refractivity contribution is 0.424. The summed E-state index contributed by atoms with van der Waals surface area (Å²) in [6.45, 7) is 4.54. The van der Waals surface area contributed by atoms with Gasteiger partial charge in [0, 0.05) is 16.6 Å². The van der Waals surface area contributed by atoms with Gasteiger partial charge in [-0.1, -0.05) is 29.3 Å². The molecule has 2 rings (SSSR count). The van der Waals surface area contributed by atoms with Gasteiger partial charge in [0.15, 0.2) is 0 Å². The van der Waals surface area contributed by atoms with Crippen molar-refractivity contribution in [2.45, 2.75) is 50.9 Å². The SMILES string of the molecule is CCCc1c(CBr)cnn1C(C)C1CC1. The Labute approximate surface area is 100 Å². The highest BCUT2D eigenvalue weighted by atomic mass is 79.9. The number of hydrogen-bond donors (Lipinski definition) is 0. The maximum atomic E-state index is 4.55. The van der Waals surface area contributed by atoms with Gasteiger partial charge >= 0.3 is 0 Å². The molecule has 1 aromatic heterocycles. The molecular weight excluding hydrogens is 252 g/mol. The van der Waals surface area contributed by atoms with Crippen LogP contribution in [-0.4, -0.2) is 9.78 Å². The third-order valence-electron chi connectivity index (χ3n) is 3.31. The third-order valence-corrected chi connectivity index (χ3v) is 3.91. The highest BCUT2D eigenvalue weighted by molar-refractivity contribution is 9.08. The molecule has 0 saturated heterocycles. The fraction of sp³-hybridized carbons (Fsp3) is 0.750. The third kappa shape index (κ3) is 2.27. The van der Waals surface area contributed by atoms with Gasteiger partial charge in [0.2, 0.25) is 0 Å². The Hall–Kier alpha value is -0.310. The van der Waals surface area contributed by atoms with Crippen LogP contribution < -0.4 is 0 Å². The predicted molar refractivity (Wildman–Crippen MR) is 66.3 cm³/mol. The van der Waals surface area contributed by atoms with E-state index >= 15 is 0 Å². The molecular formula is C12H19BrN2. The molecule has 1 saturated carbocycles. The van der Waals surface area contributed by atoms with Gasteiger partial charge < -0.3 is 0 Å². The molecule has 0 spiro atoms. The summed E-state index contributed by atoms with van der Waals surface area (Å²) >= 11 is 3.54. The molecule has 1 aliphatic rings. The standard InChI is InChI=1S/C12H19BrN2/c1-3-4-12-11(7-13)8-14-15(12)9(2)10-5-6-10/h8-10H,3-7H2,1-2H3. The molecule has 15 heavy (non-hydrogen) atoms. The molecule has 1 aromatic rings. The highest BCUT2D eigenvalue weighted by Crippen LogP contribution is 2.40. The van der Waals surface area contributed by atoms with Crippen LogP contribution in [0.3, 0.4) is 0 Å². The summed E-state index contributed by atoms with van der Waals surface area (Å²) in [6.07, 6.45) is 7.15. The van der Waals surface area contributed by atoms with E-state index in [0.717, 1.165) is 17.7 Å². The second-order valence-corrected chi connectivity index (χ2v) is 5.08. The van der Waals surface area contributed by atoms with Crippen LogP contribution in [-0.2, 0) is 11.8 Å². The van der Waals surface area contributed by atoms with Crippen molar-refractivity contribution in [1.29, 1.82) is 0 Å². The van der Waals surface area contributed by atoms with Gasteiger partial charge in [-0.2, -0.15) is 5.10 Å². The van der Waals surface area contributed by atoms with Crippen molar-refractivity contribution < 1.29 is 0 Å². The van der Waals surface area contributed by atoms with Crippen molar-refractivity contribution in [3.05, 3.63) is 17.5 Å². The molecule has 0 bridgehead atoms. The van der Waals surface area contributed by atoms with E-state index in [0.29, 0.717) is 6.04 Å². The molecule has 1 aliphatic carbocycles. The second kappa shape index (κ2) is 4.69. The summed E-state index contributed by atoms with van der Waals surface area (Å²) in [5, 5.41) is 5.48. The zero-order valence-corrected chi connectivity index (χ0v) is 11.1. The smallest absolute Gasteiger partial charge is 0.0533 e. The lowest BCUT2D eigenvalue weighted by Gasteiger charge is -2.15. The van der Waals surface area contributed by atoms with Crippen molar-refractivity contribution in [1.82, 2.24) is 9.78 Å². The lowest BCUT2D eigenvalue weighted by Crippen LogP contribution is -2.12. The van der Waals surface area contributed by atoms with Crippen LogP contribution in [0, 0.1) is 5.92 Å². The first-order valence-electron chi connectivity index (χ1n) is 5.89. The summed E-state index contributed by atoms with van der Waals surface area (Å²) in [6, 6.07) is 0.597. The summed E-state index contributed by atoms with van der Waals surface area (Å²) < 4.78 is 2.26. The molecule has 0 radical (unpaired) electrons. The lowest BCUT2D eigenvalue weighted by atomic mass is 10.1. The number of alkyl halides is 1. The first-order valence-corrected chi connectivity index (χ1v) is 7.01. The molecule has 0 aliphatic heterocycles. The molecule has 2 nitrogen and oxygen atoms in total. The van der Waals surface area contributed by atoms with Crippen molar-refractivity contribution in [3.63, 3.8) is 0 Å². The Kier molecular flexibility index (Phi) is 3.49. The Balaban J connectivity index is 2.24. The predicted octanol–water partition coefficient (Wildman–Crippen LogP) is 3.70. The largest absolute Gasteiger partial charge is 0.266 e. The van der Waals surface area contributed by atoms with Crippen molar-refractivity contribution in [2.24, 2.45) is 5.92 Å². The Morgan fingerprint density at radius 3 is 2.87 bits per heavy atom. The van der Waals surface area contributed by atoms with Gasteiger partial charge in [-0.05, 0) is 32.1 Å². The van der Waals surface area contributed by atoms with E-state index in [2.05, 4.69) is 39.6 Å². The Bertz CT molecular complexity index is 328. The number of hydrogen-bond acceptors (Lipinski definition) is 1. The van der Waals surface area contributed by atoms with Crippen molar-refractivity contribution >= 4 is 15.9 Å². The molecule has 1 unspecified atom stereocenters. The van der Waals surface area contributed by atoms with Gasteiger partial charge in [0.05, 0.1) is 12.2 Å². The van der Waals surface area contributed by atoms with Crippen LogP contribution in [0.15, 0.2) is 6.20 Å². The molecule has 1 atom stereocenters. The number of nitrogens with zero attached hydrogens (tertiary/aromatic N) is 2. The first kappa shape index (κ1) is 11.2. The van der Waals surface area contributed by atoms with E-state index in [9.17, 15) is 0 Å². The topological polar surface area (TPSA) is 17.8 Å². The number of rotatable bonds is 5. The van der Waals surface area contributed by atoms with Crippen molar-refractivity contribution in [2.75, 3.05) is 0 Å². The fourth-order valence-electron chi connectivity index (χ4n) is 2.18. The Morgan fingerprint density at radius 1 is 1.60 bits per heavy atom. The minimum atomic E-state index is 0.597. The minimum Gasteiger partial charge on any atom is -0.266 e. The van der Waals surface area contributed by atoms with E-state index in [1.165, 1.54) is 30.5 Å². The van der Waals surface area contributed by atoms with Gasteiger partial charge in [-0.15, -0.1) is 0 Å². The van der Waals surface area contributed by atoms with Gasteiger partial charge in [0.25, 0.3) is 0 Å². The summed E-state index contributed by atoms with van der Waals surface area (Å²) in [7, 11) is 0. The molecule has 84 valence electrons. The van der Waals surface area contributed by atoms with Crippen LogP contribution in [0.25, 0.3) is 0 Å². The average Bonchev–Trinajstić information content (AvgIpc) is 3.00. The summed E-state index contributed by atoms with van der Waals surface area (Å²) in [5.41, 5.74) is 2.80. The average molecular weight is 271 g/mol. The number of halogens is 1. The minimum absolute atomic E-state index is 0.597. The van der Waals surface area contributed by atoms with Crippen LogP contribution in [0.5, 0.6) is 0 Å². The van der Waals surface area contributed by atoms with E-state index in [4.69, 9.17) is 0 Å². The number of aromatic nitrogens is 2. The highest BCUT2D eigenvalue weighted by Gasteiger charge is 2.30. The molecule has 0 amide bonds. The van der Waals surface area contributed by atoms with Crippen molar-refractivity contribution in [3.8, 4) is 0 Å². The fourth-order valence-corrected chi connectivity index (χ4v) is 2.64. The Morgan fingerprint density at radius 2 is 2.33 bits per heavy atom. The zero-order chi connectivity index (χ0) is 10.8. The maximum Gasteiger partial charge on any atom is 0.0533 e. The van der Waals surface area contributed by atoms with Gasteiger partial charge in [-0.3, -0.25) is 4.68 Å². The van der Waals surface area contributed by atoms with Crippen LogP contribution in [0.4, 0.5) is 0 Å². The van der Waals surface area contributed by atoms with Gasteiger partial charge in [-0.25, -0.2) is 0 Å². The quantitative estimate of drug-likeness (QED) is 0.746. The van der Waals surface area contributed by atoms with Crippen LogP contribution in [0.1, 0.15) is 50.4 Å². The molecule has 3 heteroatoms. The van der Waals surface area contributed by atoms with Crippen LogP contribution >= 0.6 is 15.9 Å². The van der Waals surface area contributed by atoms with E-state index < -0.39 is 0 Å². The second-order valence-electron chi connectivity index (χ2n) is 4.52. The van der Waals surface area contributed by atoms with E-state index in [-0.39, 0.29) is 0 Å². The van der Waals surface area contributed by atoms with Crippen LogP contribution in [0.2, 0.25) is 0 Å². The van der Waals surface area contributed by atoms with E-state index in [1.54, 1.807) is 0 Å². The normalized spacial score (nSPS) is 18.1. The molecule has 0 N–H and O–H groups in total. The maximum absolute atomic E-state index is 4.55. The van der Waals surface area contributed by atoms with Gasteiger partial charge in [0.1, 0.15) is 0 Å². The monoisotopic (exact) mass is 270 g/mol. The molecule has 1 fully saturated rings. The summed E-state index contributed by atoms with van der Waals surface area (Å²) in [4.78, 5) is 0. The zero-order valence-electron chi connectivity index (χ0n) is 9.54. The molecule has 1 heterocycles. The summed E-state index contributed by atoms with van der Waals surface area (Å²) in [5.74, 6) is 0.878. The first-order chi connectivity index (χ1) is 7.27. The molecule has 0 aromatic carbocycles.